The van der Waals surface area contributed by atoms with E-state index < -0.39 is 80.8 Å². The number of epoxide rings is 1. The molecule has 0 amide bonds. The molecule has 8 heterocycles. The van der Waals surface area contributed by atoms with Crippen molar-refractivity contribution in [3.63, 3.8) is 0 Å². The Hall–Kier alpha value is -10.6. The van der Waals surface area contributed by atoms with Crippen molar-refractivity contribution in [2.75, 3.05) is 84.6 Å². The molecule has 4 aliphatic heterocycles. The van der Waals surface area contributed by atoms with E-state index in [-0.39, 0.29) is 86.6 Å². The summed E-state index contributed by atoms with van der Waals surface area (Å²) in [7, 11) is 0. The summed E-state index contributed by atoms with van der Waals surface area (Å²) in [5.41, 5.74) is -4.31. The number of nitrogens with one attached hydrogen (secondary N) is 1. The number of aliphatic hydroxyl groups excluding tert-OH is 2. The zero-order valence-electron chi connectivity index (χ0n) is 73.8. The molecule has 0 bridgehead atoms. The molecule has 37 heteroatoms. The van der Waals surface area contributed by atoms with Gasteiger partial charge in [0.25, 0.3) is 11.1 Å². The van der Waals surface area contributed by atoms with Gasteiger partial charge in [-0.15, -0.1) is 22.7 Å². The van der Waals surface area contributed by atoms with Crippen molar-refractivity contribution >= 4 is 83.5 Å². The van der Waals surface area contributed by atoms with Gasteiger partial charge in [-0.3, -0.25) is 28.7 Å². The lowest BCUT2D eigenvalue weighted by atomic mass is 10.0. The molecule has 696 valence electrons. The highest BCUT2D eigenvalue weighted by molar-refractivity contribution is 9.09. The number of esters is 1. The van der Waals surface area contributed by atoms with E-state index in [1.165, 1.54) is 86.9 Å². The molecule has 4 aliphatic rings. The molecule has 4 aromatic heterocycles. The number of carbonyl (C=O) groups is 4. The molecule has 5 N–H and O–H groups in total. The fourth-order valence-corrected chi connectivity index (χ4v) is 14.9. The summed E-state index contributed by atoms with van der Waals surface area (Å²) in [5, 5.41) is 57.3. The summed E-state index contributed by atoms with van der Waals surface area (Å²) < 4.78 is 129. The number of carboxylic acid groups (broad SMARTS) is 1. The molecule has 4 fully saturated rings. The number of thiophene rings is 2. The second-order valence-electron chi connectivity index (χ2n) is 30.6. The van der Waals surface area contributed by atoms with E-state index in [1.54, 1.807) is 60.6 Å². The van der Waals surface area contributed by atoms with Crippen LogP contribution in [0.1, 0.15) is 198 Å². The number of benzene rings is 5. The Morgan fingerprint density at radius 1 is 0.594 bits per heavy atom. The first kappa shape index (κ1) is 106. The predicted octanol–water partition coefficient (Wildman–Crippen LogP) is 15.4. The van der Waals surface area contributed by atoms with Gasteiger partial charge in [-0.1, -0.05) is 22.9 Å². The number of rotatable bonds is 24. The van der Waals surface area contributed by atoms with E-state index in [0.29, 0.717) is 139 Å². The Bertz CT molecular complexity index is 5540. The number of phenolic OH excluding ortho intramolecular Hbond substituents is 1. The van der Waals surface area contributed by atoms with Crippen molar-refractivity contribution in [1.82, 2.24) is 18.7 Å². The van der Waals surface area contributed by atoms with Crippen molar-refractivity contribution < 1.29 is 114 Å². The molecule has 9 aromatic rings. The van der Waals surface area contributed by atoms with Gasteiger partial charge in [0.15, 0.2) is 12.6 Å². The number of fused-ring (bicyclic) bond motifs is 2. The minimum Gasteiger partial charge on any atom is -0.507 e. The van der Waals surface area contributed by atoms with Crippen molar-refractivity contribution in [2.45, 2.75) is 195 Å². The molecule has 0 radical (unpaired) electrons. The summed E-state index contributed by atoms with van der Waals surface area (Å²) in [6.45, 7) is 29.1. The van der Waals surface area contributed by atoms with Gasteiger partial charge in [-0.05, 0) is 231 Å². The number of hydrogen-bond donors (Lipinski definition) is 5. The van der Waals surface area contributed by atoms with Crippen LogP contribution >= 0.6 is 38.6 Å². The molecule has 128 heavy (non-hydrogen) atoms. The minimum absolute atomic E-state index is 0.0265. The van der Waals surface area contributed by atoms with E-state index in [4.69, 9.17) is 67.6 Å². The van der Waals surface area contributed by atoms with Crippen LogP contribution in [-0.2, 0) is 60.4 Å². The monoisotopic (exact) mass is 1890 g/mol. The first-order valence-corrected chi connectivity index (χ1v) is 44.0. The second kappa shape index (κ2) is 51.0. The highest BCUT2D eigenvalue weighted by Gasteiger charge is 2.40. The molecule has 3 unspecified atom stereocenters. The maximum Gasteiger partial charge on any atom is 0.333 e. The summed E-state index contributed by atoms with van der Waals surface area (Å²) in [4.78, 5) is 101. The number of aryl methyl sites for hydroxylation is 2. The predicted molar refractivity (Wildman–Crippen MR) is 474 cm³/mol. The Kier molecular flexibility index (Phi) is 42.3. The van der Waals surface area contributed by atoms with Crippen LogP contribution < -0.4 is 41.4 Å². The Morgan fingerprint density at radius 2 is 1.01 bits per heavy atom. The van der Waals surface area contributed by atoms with Crippen LogP contribution in [0.2, 0.25) is 0 Å². The van der Waals surface area contributed by atoms with Gasteiger partial charge < -0.3 is 72.5 Å². The lowest BCUT2D eigenvalue weighted by Crippen LogP contribution is -2.52. The lowest BCUT2D eigenvalue weighted by molar-refractivity contribution is -0.164. The highest BCUT2D eigenvalue weighted by Crippen LogP contribution is 2.39. The third kappa shape index (κ3) is 30.0. The van der Waals surface area contributed by atoms with Gasteiger partial charge in [-0.25, -0.2) is 50.3 Å². The van der Waals surface area contributed by atoms with E-state index >= 15 is 0 Å². The topological polar surface area (TPSA) is 400 Å². The number of H-pyrrole nitrogens is 1. The molecule has 0 saturated carbocycles. The number of ether oxygens (including phenoxy) is 11. The first-order valence-electron chi connectivity index (χ1n) is 41.2. The largest absolute Gasteiger partial charge is 0.507 e. The van der Waals surface area contributed by atoms with Crippen LogP contribution in [0.4, 0.5) is 22.0 Å². The normalized spacial score (nSPS) is 14.9. The third-order valence-electron chi connectivity index (χ3n) is 19.4. The molecule has 29 nitrogen and oxygen atoms in total. The SMILES string of the molecule is CCBr.CCOc1ccc(F)cc1C(CO)OC1CCOCC1.CCOc1ccc(F)cc1C(Cn1c(=O)n(C(C)(C)C(=O)O)c(=O)c2c(C)c(C#N)sc21)OC1CCOCC1.CCOc1ccc(F)cc1C1CO1.CCOc1ccc(F)cc1C=O.Cc1c(C#N)sc2[nH]c(=O)n(C(C)(C)C(=O)OC(C)(C)C)c(=O)c12.O=Cc1cc(F)ccc1O.OC1CCOCC1. The van der Waals surface area contributed by atoms with Crippen LogP contribution in [0.15, 0.2) is 110 Å². The summed E-state index contributed by atoms with van der Waals surface area (Å²) >= 11 is 5.16. The van der Waals surface area contributed by atoms with Crippen molar-refractivity contribution in [3.05, 3.63) is 210 Å². The second-order valence-corrected chi connectivity index (χ2v) is 33.8. The van der Waals surface area contributed by atoms with Crippen LogP contribution in [0.3, 0.4) is 0 Å². The Labute approximate surface area is 753 Å². The maximum absolute atomic E-state index is 14.5. The number of hydrogen-bond acceptors (Lipinski definition) is 26. The van der Waals surface area contributed by atoms with Crippen LogP contribution in [-0.4, -0.2) is 172 Å². The van der Waals surface area contributed by atoms with E-state index in [0.717, 1.165) is 107 Å². The number of nitrogens with zero attached hydrogens (tertiary/aromatic N) is 5. The quantitative estimate of drug-likeness (QED) is 0.0123. The number of aromatic amines is 1. The number of phenols is 1. The number of aromatic hydroxyl groups is 1. The number of nitriles is 2. The fourth-order valence-electron chi connectivity index (χ4n) is 12.8. The molecule has 0 aliphatic carbocycles. The van der Waals surface area contributed by atoms with Gasteiger partial charge >= 0.3 is 23.3 Å². The number of alkyl halides is 1. The number of aldehydes is 2. The standard InChI is InChI=1S/C27H30FN3O7S.C16H19N3O4S.C15H21FO4.C10H11FO2.C9H9FO2.C7H5FO2.C5H10O2.C2H5Br/c1-5-37-19-7-6-16(28)12-18(19)20(38-17-8-10-36-11-9-17)14-30-24-22(15(2)21(13-29)39-24)23(32)31(26(30)35)27(3,4)25(33)34;1-8-9(7-17)24-11-10(8)12(20)19(14(22)18-11)16(5,6)13(21)23-15(2,3)4;1-2-19-14-4-3-11(16)9-13(14)15(10-17)20-12-5-7-18-8-6-12;1-2-12-9-4-3-7(11)5-8(9)10-6-13-10;1-2-12-9-4-3-8(10)5-7(9)6-11;8-6-1-2-7(10)5(3-6)4-9;6-5-1-3-7-4-2-5;1-2-3/h6-7,12,17,20H,5,8-11,14H2,1-4H3,(H,33,34);1-6H3,(H,18,22);3-4,9,12,15,17H,2,5-8,10H2,1H3;3-5,10H,2,6H2,1H3;3-6H,2H2,1H3;1-4,10H;5-6H,1-4H2;2H2,1H3. The van der Waals surface area contributed by atoms with E-state index in [2.05, 4.69) is 20.9 Å². The first-order chi connectivity index (χ1) is 60.8. The van der Waals surface area contributed by atoms with Crippen molar-refractivity contribution in [1.29, 1.82) is 10.5 Å². The smallest absolute Gasteiger partial charge is 0.333 e. The van der Waals surface area contributed by atoms with Gasteiger partial charge in [0.2, 0.25) is 0 Å². The summed E-state index contributed by atoms with van der Waals surface area (Å²) in [6, 6.07) is 24.0. The van der Waals surface area contributed by atoms with Crippen molar-refractivity contribution in [3.8, 4) is 40.9 Å². The molecular weight excluding hydrogens is 1780 g/mol. The number of carbonyl (C=O) groups excluding carboxylic acids is 3. The average molecular weight is 1890 g/mol. The number of carboxylic acids is 1. The fraction of sp³-hybridized carbons (Fsp3) is 0.473. The molecule has 5 aromatic carbocycles. The van der Waals surface area contributed by atoms with Gasteiger partial charge in [0.1, 0.15) is 124 Å². The van der Waals surface area contributed by atoms with E-state index in [1.807, 2.05) is 32.9 Å². The molecule has 4 saturated heterocycles. The lowest BCUT2D eigenvalue weighted by Gasteiger charge is -2.30. The van der Waals surface area contributed by atoms with Gasteiger partial charge in [0.05, 0.1) is 86.4 Å². The molecule has 0 spiro atoms. The summed E-state index contributed by atoms with van der Waals surface area (Å²) in [6.07, 6.45) is 3.61. The minimum atomic E-state index is -1.89. The van der Waals surface area contributed by atoms with Crippen LogP contribution in [0.25, 0.3) is 20.4 Å². The molecular formula is C91H110BrF5N6O23S2. The highest BCUT2D eigenvalue weighted by atomic mass is 79.9. The number of aliphatic carboxylic acids is 1. The Balaban J connectivity index is 0.000000245. The molecule has 13 rings (SSSR count). The number of aromatic nitrogens is 4. The zero-order valence-corrected chi connectivity index (χ0v) is 77.0. The Morgan fingerprint density at radius 3 is 1.45 bits per heavy atom. The van der Waals surface area contributed by atoms with Gasteiger partial charge in [-0.2, -0.15) is 10.5 Å². The summed E-state index contributed by atoms with van der Waals surface area (Å²) in [5.74, 6) is -2.26. The number of aliphatic hydroxyl groups is 2. The third-order valence-corrected chi connectivity index (χ3v) is 21.7. The maximum atomic E-state index is 14.5. The zero-order chi connectivity index (χ0) is 94.9. The molecule has 3 atom stereocenters. The van der Waals surface area contributed by atoms with Crippen LogP contribution in [0, 0.1) is 65.6 Å². The van der Waals surface area contributed by atoms with Gasteiger partial charge in [0, 0.05) is 61.7 Å². The van der Waals surface area contributed by atoms with Crippen molar-refractivity contribution in [2.24, 2.45) is 0 Å². The van der Waals surface area contributed by atoms with Crippen LogP contribution in [0.5, 0.6) is 28.7 Å². The average Bonchev–Trinajstić information content (AvgIpc) is 1.52. The number of halogens is 6. The van der Waals surface area contributed by atoms with E-state index in [9.17, 15) is 75.8 Å².